The van der Waals surface area contributed by atoms with Crippen molar-refractivity contribution in [2.45, 2.75) is 93.1 Å². The van der Waals surface area contributed by atoms with Crippen LogP contribution in [0.5, 0.6) is 0 Å². The van der Waals surface area contributed by atoms with Gasteiger partial charge in [-0.25, -0.2) is 43.1 Å². The molecule has 25 nitrogen and oxygen atoms in total. The molecule has 0 radical (unpaired) electrons. The van der Waals surface area contributed by atoms with Crippen LogP contribution in [0.25, 0.3) is 32.7 Å². The predicted octanol–water partition coefficient (Wildman–Crippen LogP) is 12.4. The van der Waals surface area contributed by atoms with Crippen molar-refractivity contribution in [1.29, 1.82) is 0 Å². The molecule has 6 heterocycles. The summed E-state index contributed by atoms with van der Waals surface area (Å²) in [5.74, 6) is -6.82. The first-order valence-corrected chi connectivity index (χ1v) is 41.2. The van der Waals surface area contributed by atoms with Gasteiger partial charge >= 0.3 is 15.2 Å². The molecule has 0 amide bonds. The monoisotopic (exact) mass is 1550 g/mol. The van der Waals surface area contributed by atoms with E-state index >= 15 is 0 Å². The van der Waals surface area contributed by atoms with Gasteiger partial charge in [0.2, 0.25) is 5.28 Å². The van der Waals surface area contributed by atoms with Crippen LogP contribution in [0.1, 0.15) is 51.7 Å². The second kappa shape index (κ2) is 34.6. The standard InChI is InChI=1S/C21H24FN3O8P2.C20H19ClFN3O3.C20H20FN3O3.CH2Cl4O2P2/c22-18-19(26)17(10-32-35(30,31)12-34(27,28)29)33-20(18)14-6-7-15-16(8-14)24-11-25-21(15)23-9-13-4-2-1-3-5-13;21-20-24-14-8-12(18-16(22)17(27)15(10-26)28-18)6-7-13(14)19(25-20)23-9-11-4-2-1-3-5-11;21-17-18(26)16(10-25)27-19(17)13-6-7-14-15(8-13)23-11-24-20(14)22-9-12-4-2-1-3-5-12;2-8(3,6)1-9(4,5)7/h1-8,11,17-20,26H,9-10,12H2,(H,30,31)(H,23,24,25)(H2,27,28,29);1-8,15-18,26-27H,9-10H2,(H,23,24,25);1-8,11,16-19,25-26H,9-10H2,(H,22,23,24);1H2/t17-,18+,19-,20+;15-,16+,17-,18+;16-,17+,18-,19+;/m111./s1. The summed E-state index contributed by atoms with van der Waals surface area (Å²) < 4.78 is 108. The summed E-state index contributed by atoms with van der Waals surface area (Å²) in [4.78, 5) is 52.9. The molecular formula is C62H65Cl5F3N9O16P4. The smallest absolute Gasteiger partial charge is 0.340 e. The highest BCUT2D eigenvalue weighted by Gasteiger charge is 2.48. The van der Waals surface area contributed by atoms with Crippen molar-refractivity contribution in [2.24, 2.45) is 0 Å². The van der Waals surface area contributed by atoms with Crippen molar-refractivity contribution < 1.29 is 90.4 Å². The Labute approximate surface area is 588 Å². The Bertz CT molecular complexity index is 4380. The number of anilines is 3. The Hall–Kier alpha value is -5.58. The van der Waals surface area contributed by atoms with E-state index in [9.17, 15) is 61.9 Å². The number of ether oxygens (including phenoxy) is 3. The number of aliphatic hydroxyl groups excluding tert-OH is 5. The predicted molar refractivity (Wildman–Crippen MR) is 371 cm³/mol. The van der Waals surface area contributed by atoms with Crippen LogP contribution < -0.4 is 16.0 Å². The van der Waals surface area contributed by atoms with Crippen LogP contribution in [-0.2, 0) is 56.6 Å². The average molecular weight is 1550 g/mol. The topological polar surface area (TPSA) is 380 Å². The fourth-order valence-corrected chi connectivity index (χ4v) is 22.3. The number of benzene rings is 6. The van der Waals surface area contributed by atoms with Crippen LogP contribution in [0.15, 0.2) is 158 Å². The summed E-state index contributed by atoms with van der Waals surface area (Å²) in [6.45, 7) is 0.118. The molecule has 0 bridgehead atoms. The van der Waals surface area contributed by atoms with Crippen LogP contribution in [-0.4, -0.2) is 157 Å². The Morgan fingerprint density at radius 2 is 0.818 bits per heavy atom. The van der Waals surface area contributed by atoms with E-state index in [4.69, 9.17) is 80.6 Å². The molecule has 13 atom stereocenters. The number of halogens is 8. The molecular weight excluding hydrogens is 1480 g/mol. The quantitative estimate of drug-likeness (QED) is 0.0235. The van der Waals surface area contributed by atoms with Gasteiger partial charge in [0.25, 0.3) is 11.7 Å². The van der Waals surface area contributed by atoms with Gasteiger partial charge in [-0.15, -0.1) is 0 Å². The molecule has 3 aromatic heterocycles. The van der Waals surface area contributed by atoms with Gasteiger partial charge in [-0.05, 0) is 126 Å². The highest BCUT2D eigenvalue weighted by molar-refractivity contribution is 8.21. The van der Waals surface area contributed by atoms with Crippen molar-refractivity contribution in [3.05, 3.63) is 197 Å². The number of hydrogen-bond acceptors (Lipinski definition) is 22. The van der Waals surface area contributed by atoms with Crippen molar-refractivity contribution in [3.8, 4) is 0 Å². The molecule has 3 aliphatic rings. The lowest BCUT2D eigenvalue weighted by molar-refractivity contribution is -0.0226. The van der Waals surface area contributed by atoms with Crippen LogP contribution in [0, 0.1) is 0 Å². The molecule has 12 rings (SSSR count). The van der Waals surface area contributed by atoms with E-state index in [0.29, 0.717) is 75.7 Å². The Morgan fingerprint density at radius 1 is 0.465 bits per heavy atom. The van der Waals surface area contributed by atoms with Crippen molar-refractivity contribution in [2.75, 3.05) is 47.6 Å². The van der Waals surface area contributed by atoms with Gasteiger partial charge in [-0.1, -0.05) is 109 Å². The van der Waals surface area contributed by atoms with Gasteiger partial charge in [-0.2, -0.15) is 0 Å². The number of hydrogen-bond donors (Lipinski definition) is 11. The third kappa shape index (κ3) is 21.7. The molecule has 530 valence electrons. The summed E-state index contributed by atoms with van der Waals surface area (Å²) in [5, 5.41) is 60.4. The number of aliphatic hydroxyl groups is 5. The lowest BCUT2D eigenvalue weighted by atomic mass is 10.0. The number of rotatable bonds is 21. The minimum Gasteiger partial charge on any atom is -0.394 e. The van der Waals surface area contributed by atoms with Gasteiger partial charge in [0.15, 0.2) is 24.4 Å². The van der Waals surface area contributed by atoms with Gasteiger partial charge < -0.3 is 74.9 Å². The molecule has 0 saturated carbocycles. The van der Waals surface area contributed by atoms with Crippen LogP contribution in [0.4, 0.5) is 30.6 Å². The minimum atomic E-state index is -4.82. The zero-order valence-corrected chi connectivity index (χ0v) is 58.8. The van der Waals surface area contributed by atoms with Gasteiger partial charge in [0, 0.05) is 35.8 Å². The van der Waals surface area contributed by atoms with E-state index < -0.39 is 132 Å². The Balaban J connectivity index is 0.000000164. The molecule has 3 saturated heterocycles. The van der Waals surface area contributed by atoms with Gasteiger partial charge in [-0.3, -0.25) is 18.3 Å². The molecule has 3 fully saturated rings. The lowest BCUT2D eigenvalue weighted by Crippen LogP contribution is -2.31. The second-order valence-electron chi connectivity index (χ2n) is 22.6. The minimum absolute atomic E-state index is 0.0672. The fourth-order valence-electron chi connectivity index (χ4n) is 10.6. The molecule has 3 aliphatic heterocycles. The zero-order valence-electron chi connectivity index (χ0n) is 51.4. The number of aromatic nitrogens is 6. The van der Waals surface area contributed by atoms with E-state index in [1.807, 2.05) is 97.1 Å². The van der Waals surface area contributed by atoms with Crippen molar-refractivity contribution >= 4 is 134 Å². The molecule has 0 aliphatic carbocycles. The third-order valence-electron chi connectivity index (χ3n) is 15.4. The van der Waals surface area contributed by atoms with Gasteiger partial charge in [0.1, 0.15) is 90.9 Å². The van der Waals surface area contributed by atoms with E-state index in [2.05, 4.69) is 50.4 Å². The van der Waals surface area contributed by atoms with E-state index in [1.165, 1.54) is 12.7 Å². The summed E-state index contributed by atoms with van der Waals surface area (Å²) in [6.07, 6.45) is -13.0. The Morgan fingerprint density at radius 3 is 1.17 bits per heavy atom. The average Bonchev–Trinajstić information content (AvgIpc) is 1.76. The largest absolute Gasteiger partial charge is 0.394 e. The number of alkyl halides is 3. The first-order chi connectivity index (χ1) is 47.0. The molecule has 1 unspecified atom stereocenters. The van der Waals surface area contributed by atoms with Gasteiger partial charge in [0.05, 0.1) is 36.4 Å². The van der Waals surface area contributed by atoms with Crippen LogP contribution >= 0.6 is 83.5 Å². The van der Waals surface area contributed by atoms with E-state index in [-0.39, 0.29) is 5.28 Å². The summed E-state index contributed by atoms with van der Waals surface area (Å²) in [7, 11) is -9.49. The van der Waals surface area contributed by atoms with E-state index in [0.717, 1.165) is 27.5 Å². The van der Waals surface area contributed by atoms with Crippen molar-refractivity contribution in [1.82, 2.24) is 29.9 Å². The van der Waals surface area contributed by atoms with Crippen LogP contribution in [0.3, 0.4) is 0 Å². The summed E-state index contributed by atoms with van der Waals surface area (Å²) in [6, 6.07) is 44.9. The Kier molecular flexibility index (Phi) is 27.1. The number of nitrogens with one attached hydrogen (secondary N) is 3. The van der Waals surface area contributed by atoms with Crippen molar-refractivity contribution in [3.63, 3.8) is 0 Å². The third-order valence-corrected chi connectivity index (χ3v) is 25.5. The normalized spacial score (nSPS) is 23.6. The maximum absolute atomic E-state index is 14.9. The molecule has 9 aromatic rings. The maximum atomic E-state index is 14.9. The molecule has 0 spiro atoms. The van der Waals surface area contributed by atoms with E-state index in [1.54, 1.807) is 48.5 Å². The zero-order chi connectivity index (χ0) is 71.4. The number of nitrogens with zero attached hydrogens (tertiary/aromatic N) is 6. The molecule has 6 aromatic carbocycles. The highest BCUT2D eigenvalue weighted by atomic mass is 35.9. The first-order valence-electron chi connectivity index (χ1n) is 29.9. The highest BCUT2D eigenvalue weighted by Crippen LogP contribution is 2.72. The van der Waals surface area contributed by atoms with Crippen LogP contribution in [0.2, 0.25) is 5.28 Å². The fraction of sp³-hybridized carbons (Fsp3) is 0.323. The summed E-state index contributed by atoms with van der Waals surface area (Å²) in [5.41, 5.74) is 6.43. The number of fused-ring (bicyclic) bond motifs is 3. The SMILES string of the molecule is O=P(Cl)(Cl)CP(=O)(Cl)Cl.O=P(O)(O)CP(=O)(O)OC[C@H]1O[C@@H](c2ccc3c(NCc4ccccc4)ncnc3c2)[C@@H](F)[C@@H]1O.OC[C@H]1O[C@@H](c2ccc3c(NCc4ccccc4)nc(Cl)nc3c2)[C@@H](F)[C@@H]1O.OC[C@H]1O[C@@H](c2ccc3c(NCc4ccccc4)ncnc3c2)[C@@H](F)[C@@H]1O. The molecule has 11 N–H and O–H groups in total. The second-order valence-corrected chi connectivity index (χ2v) is 37.9. The lowest BCUT2D eigenvalue weighted by Gasteiger charge is -2.18. The molecule has 37 heteroatoms. The molecule has 99 heavy (non-hydrogen) atoms. The maximum Gasteiger partial charge on any atom is 0.340 e. The summed E-state index contributed by atoms with van der Waals surface area (Å²) >= 11 is 26.1. The first kappa shape index (κ1) is 77.6.